The minimum Gasteiger partial charge on any atom is -0.465 e. The van der Waals surface area contributed by atoms with Gasteiger partial charge in [0.2, 0.25) is 5.91 Å². The summed E-state index contributed by atoms with van der Waals surface area (Å²) in [6.45, 7) is 1.68. The van der Waals surface area contributed by atoms with Gasteiger partial charge in [-0.2, -0.15) is 0 Å². The average Bonchev–Trinajstić information content (AvgIpc) is 2.66. The second kappa shape index (κ2) is 8.41. The van der Waals surface area contributed by atoms with Crippen LogP contribution in [-0.4, -0.2) is 39.7 Å². The normalized spacial score (nSPS) is 10.7. The number of thioether (sulfide) groups is 1. The number of aromatic amines is 1. The van der Waals surface area contributed by atoms with E-state index in [2.05, 4.69) is 20.3 Å². The summed E-state index contributed by atoms with van der Waals surface area (Å²) in [7, 11) is 1.23. The third kappa shape index (κ3) is 4.32. The van der Waals surface area contributed by atoms with Crippen LogP contribution in [0.4, 0.5) is 5.69 Å². The van der Waals surface area contributed by atoms with E-state index in [0.29, 0.717) is 16.4 Å². The number of methoxy groups -OCH3 is 1. The lowest BCUT2D eigenvalue weighted by molar-refractivity contribution is -0.113. The summed E-state index contributed by atoms with van der Waals surface area (Å²) in [6.07, 6.45) is 0. The van der Waals surface area contributed by atoms with E-state index < -0.39 is 11.5 Å². The Kier molecular flexibility index (Phi) is 5.96. The third-order valence-corrected chi connectivity index (χ3v) is 4.88. The summed E-state index contributed by atoms with van der Waals surface area (Å²) in [5.74, 6) is -0.967. The summed E-state index contributed by atoms with van der Waals surface area (Å²) in [5, 5.41) is 3.36. The van der Waals surface area contributed by atoms with Crippen LogP contribution >= 0.6 is 23.4 Å². The van der Waals surface area contributed by atoms with Crippen LogP contribution in [0.25, 0.3) is 11.0 Å². The number of carbonyl (C=O) groups excluding carboxylic acids is 2. The molecule has 0 aliphatic heterocycles. The lowest BCUT2D eigenvalue weighted by Crippen LogP contribution is -2.18. The van der Waals surface area contributed by atoms with Gasteiger partial charge in [0.25, 0.3) is 5.56 Å². The number of hydrogen-bond donors (Lipinski definition) is 2. The smallest absolute Gasteiger partial charge is 0.338 e. The van der Waals surface area contributed by atoms with Crippen molar-refractivity contribution in [3.8, 4) is 0 Å². The van der Waals surface area contributed by atoms with Crippen LogP contribution in [0.15, 0.2) is 40.3 Å². The molecular formula is C18H15ClN4O4S. The van der Waals surface area contributed by atoms with Gasteiger partial charge in [-0.1, -0.05) is 35.5 Å². The van der Waals surface area contributed by atoms with E-state index in [1.54, 1.807) is 31.2 Å². The molecule has 0 saturated heterocycles. The number of fused-ring (bicyclic) bond motifs is 1. The number of nitrogens with zero attached hydrogens (tertiary/aromatic N) is 2. The Balaban J connectivity index is 1.83. The number of halogens is 1. The Morgan fingerprint density at radius 2 is 2.04 bits per heavy atom. The number of para-hydroxylation sites is 1. The highest BCUT2D eigenvalue weighted by Crippen LogP contribution is 2.22. The molecule has 1 aromatic carbocycles. The molecule has 0 spiro atoms. The number of hydrogen-bond acceptors (Lipinski definition) is 7. The van der Waals surface area contributed by atoms with Crippen molar-refractivity contribution < 1.29 is 14.3 Å². The summed E-state index contributed by atoms with van der Waals surface area (Å²) in [6, 6.07) is 8.33. The number of H-pyrrole nitrogens is 1. The zero-order valence-electron chi connectivity index (χ0n) is 14.9. The zero-order chi connectivity index (χ0) is 20.3. The van der Waals surface area contributed by atoms with Gasteiger partial charge in [-0.25, -0.2) is 14.8 Å². The van der Waals surface area contributed by atoms with Gasteiger partial charge in [-0.05, 0) is 25.1 Å². The van der Waals surface area contributed by atoms with Crippen LogP contribution in [0.3, 0.4) is 0 Å². The molecule has 0 bridgehead atoms. The number of pyridine rings is 1. The first-order valence-electron chi connectivity index (χ1n) is 8.06. The molecule has 0 fully saturated rings. The van der Waals surface area contributed by atoms with E-state index in [1.807, 2.05) is 0 Å². The lowest BCUT2D eigenvalue weighted by atomic mass is 10.1. The van der Waals surface area contributed by atoms with E-state index in [9.17, 15) is 14.4 Å². The molecule has 0 saturated carbocycles. The molecule has 8 nitrogen and oxygen atoms in total. The summed E-state index contributed by atoms with van der Waals surface area (Å²) in [5.41, 5.74) is 0.671. The Morgan fingerprint density at radius 3 is 2.75 bits per heavy atom. The molecule has 1 amide bonds. The fourth-order valence-electron chi connectivity index (χ4n) is 2.47. The maximum absolute atomic E-state index is 12.5. The van der Waals surface area contributed by atoms with Crippen LogP contribution in [0.2, 0.25) is 5.02 Å². The van der Waals surface area contributed by atoms with E-state index in [-0.39, 0.29) is 33.4 Å². The van der Waals surface area contributed by atoms with E-state index in [1.165, 1.54) is 13.2 Å². The minimum atomic E-state index is -0.651. The predicted octanol–water partition coefficient (Wildman–Crippen LogP) is 2.80. The van der Waals surface area contributed by atoms with Crippen molar-refractivity contribution in [1.82, 2.24) is 15.0 Å². The molecule has 2 aromatic heterocycles. The van der Waals surface area contributed by atoms with E-state index in [0.717, 1.165) is 11.8 Å². The fraction of sp³-hybridized carbons (Fsp3) is 0.167. The molecule has 0 aliphatic carbocycles. The molecule has 2 heterocycles. The Bertz CT molecular complexity index is 1130. The molecule has 144 valence electrons. The van der Waals surface area contributed by atoms with Crippen molar-refractivity contribution >= 4 is 52.0 Å². The van der Waals surface area contributed by atoms with Crippen molar-refractivity contribution in [3.63, 3.8) is 0 Å². The number of rotatable bonds is 5. The number of anilines is 1. The number of aromatic nitrogens is 3. The summed E-state index contributed by atoms with van der Waals surface area (Å²) < 4.78 is 4.71. The largest absolute Gasteiger partial charge is 0.465 e. The number of benzene rings is 1. The van der Waals surface area contributed by atoms with Gasteiger partial charge in [0.05, 0.1) is 34.5 Å². The summed E-state index contributed by atoms with van der Waals surface area (Å²) >= 11 is 7.04. The quantitative estimate of drug-likeness (QED) is 0.372. The molecule has 0 unspecified atom stereocenters. The SMILES string of the molecule is COC(=O)c1cc(C)nc2nc(SCC(=O)Nc3ccccc3Cl)[nH]c(=O)c12. The van der Waals surface area contributed by atoms with Crippen molar-refractivity contribution in [2.45, 2.75) is 12.1 Å². The van der Waals surface area contributed by atoms with Gasteiger partial charge >= 0.3 is 5.97 Å². The van der Waals surface area contributed by atoms with Crippen molar-refractivity contribution in [3.05, 3.63) is 57.0 Å². The number of esters is 1. The highest BCUT2D eigenvalue weighted by molar-refractivity contribution is 7.99. The first kappa shape index (κ1) is 19.8. The van der Waals surface area contributed by atoms with Crippen LogP contribution in [0.5, 0.6) is 0 Å². The van der Waals surface area contributed by atoms with Gasteiger partial charge in [0, 0.05) is 5.69 Å². The first-order chi connectivity index (χ1) is 13.4. The Hall–Kier alpha value is -2.91. The maximum atomic E-state index is 12.5. The van der Waals surface area contributed by atoms with Gasteiger partial charge in [-0.15, -0.1) is 0 Å². The highest BCUT2D eigenvalue weighted by Gasteiger charge is 2.18. The second-order valence-corrected chi connectivity index (χ2v) is 7.06. The van der Waals surface area contributed by atoms with Gasteiger partial charge in [-0.3, -0.25) is 9.59 Å². The minimum absolute atomic E-state index is 0.00462. The summed E-state index contributed by atoms with van der Waals surface area (Å²) in [4.78, 5) is 47.6. The fourth-order valence-corrected chi connectivity index (χ4v) is 3.31. The van der Waals surface area contributed by atoms with Crippen LogP contribution in [0, 0.1) is 6.92 Å². The highest BCUT2D eigenvalue weighted by atomic mass is 35.5. The number of ether oxygens (including phenoxy) is 1. The van der Waals surface area contributed by atoms with Crippen LogP contribution in [-0.2, 0) is 9.53 Å². The van der Waals surface area contributed by atoms with E-state index in [4.69, 9.17) is 16.3 Å². The number of carbonyl (C=O) groups is 2. The Labute approximate surface area is 168 Å². The molecule has 0 atom stereocenters. The lowest BCUT2D eigenvalue weighted by Gasteiger charge is -2.08. The molecule has 0 aliphatic rings. The van der Waals surface area contributed by atoms with Crippen molar-refractivity contribution in [2.75, 3.05) is 18.2 Å². The predicted molar refractivity (Wildman–Crippen MR) is 107 cm³/mol. The molecule has 28 heavy (non-hydrogen) atoms. The molecule has 10 heteroatoms. The second-order valence-electron chi connectivity index (χ2n) is 5.69. The van der Waals surface area contributed by atoms with Crippen LogP contribution < -0.4 is 10.9 Å². The molecular weight excluding hydrogens is 404 g/mol. The molecule has 3 aromatic rings. The van der Waals surface area contributed by atoms with Crippen LogP contribution in [0.1, 0.15) is 16.1 Å². The molecule has 3 rings (SSSR count). The number of nitrogens with one attached hydrogen (secondary N) is 2. The molecule has 2 N–H and O–H groups in total. The molecule has 0 radical (unpaired) electrons. The number of aryl methyl sites for hydroxylation is 1. The number of amides is 1. The van der Waals surface area contributed by atoms with Gasteiger partial charge < -0.3 is 15.0 Å². The van der Waals surface area contributed by atoms with Gasteiger partial charge in [0.1, 0.15) is 0 Å². The maximum Gasteiger partial charge on any atom is 0.338 e. The van der Waals surface area contributed by atoms with Gasteiger partial charge in [0.15, 0.2) is 10.8 Å². The van der Waals surface area contributed by atoms with E-state index >= 15 is 0 Å². The zero-order valence-corrected chi connectivity index (χ0v) is 16.5. The Morgan fingerprint density at radius 1 is 1.29 bits per heavy atom. The van der Waals surface area contributed by atoms with Crippen molar-refractivity contribution in [1.29, 1.82) is 0 Å². The van der Waals surface area contributed by atoms with Crippen molar-refractivity contribution in [2.24, 2.45) is 0 Å². The first-order valence-corrected chi connectivity index (χ1v) is 9.42. The average molecular weight is 419 g/mol. The standard InChI is InChI=1S/C18H15ClN4O4S/c1-9-7-10(17(26)27-2)14-15(20-9)22-18(23-16(14)25)28-8-13(24)21-12-6-4-3-5-11(12)19/h3-7H,8H2,1-2H3,(H,21,24)(H,20,22,23,25). The third-order valence-electron chi connectivity index (χ3n) is 3.68. The topological polar surface area (TPSA) is 114 Å². The monoisotopic (exact) mass is 418 g/mol.